The summed E-state index contributed by atoms with van der Waals surface area (Å²) in [6.45, 7) is 4.50. The molecule has 10 heteroatoms. The Morgan fingerprint density at radius 2 is 1.91 bits per heavy atom. The molecular weight excluding hydrogens is 470 g/mol. The van der Waals surface area contributed by atoms with Crippen LogP contribution in [0.2, 0.25) is 0 Å². The minimum absolute atomic E-state index is 0.00622. The van der Waals surface area contributed by atoms with Gasteiger partial charge >= 0.3 is 0 Å². The fourth-order valence-electron chi connectivity index (χ4n) is 5.16. The summed E-state index contributed by atoms with van der Waals surface area (Å²) in [6.07, 6.45) is 1.86. The first-order valence-electron chi connectivity index (χ1n) is 11.8. The average molecular weight is 500 g/mol. The lowest BCUT2D eigenvalue weighted by Gasteiger charge is -2.31. The van der Waals surface area contributed by atoms with Crippen LogP contribution >= 0.6 is 0 Å². The van der Waals surface area contributed by atoms with Crippen molar-refractivity contribution in [2.45, 2.75) is 50.6 Å². The van der Waals surface area contributed by atoms with Crippen LogP contribution in [0.1, 0.15) is 37.8 Å². The van der Waals surface area contributed by atoms with E-state index in [0.29, 0.717) is 43.9 Å². The van der Waals surface area contributed by atoms with E-state index in [1.165, 1.54) is 11.2 Å². The zero-order chi connectivity index (χ0) is 24.7. The molecule has 0 radical (unpaired) electrons. The van der Waals surface area contributed by atoms with Gasteiger partial charge in [-0.25, -0.2) is 8.42 Å². The third-order valence-corrected chi connectivity index (χ3v) is 8.76. The number of sulfonamides is 1. The molecule has 0 bridgehead atoms. The second-order valence-corrected chi connectivity index (χ2v) is 11.3. The summed E-state index contributed by atoms with van der Waals surface area (Å²) < 4.78 is 39.0. The molecule has 3 heterocycles. The molecule has 1 N–H and O–H groups in total. The summed E-state index contributed by atoms with van der Waals surface area (Å²) in [5.41, 5.74) is 2.50. The van der Waals surface area contributed by atoms with Crippen LogP contribution in [-0.4, -0.2) is 50.5 Å². The number of hydrogen-bond donors (Lipinski definition) is 1. The highest BCUT2D eigenvalue weighted by atomic mass is 32.2. The van der Waals surface area contributed by atoms with Crippen molar-refractivity contribution < 1.29 is 27.5 Å². The SMILES string of the molecule is CC(=O)N1c2ccc(S(=O)(=O)N3CCC[C@H](C(=O)NCc4ccc5c(c4)OCO5)C3)cc2C[C@@H]1C. The van der Waals surface area contributed by atoms with Crippen molar-refractivity contribution in [1.82, 2.24) is 9.62 Å². The van der Waals surface area contributed by atoms with Crippen molar-refractivity contribution >= 4 is 27.5 Å². The van der Waals surface area contributed by atoms with E-state index in [1.807, 2.05) is 25.1 Å². The maximum Gasteiger partial charge on any atom is 0.243 e. The quantitative estimate of drug-likeness (QED) is 0.678. The standard InChI is InChI=1S/C25H29N3O6S/c1-16-10-20-12-21(6-7-22(20)28(16)17(2)29)35(31,32)27-9-3-4-19(14-27)25(30)26-13-18-5-8-23-24(11-18)34-15-33-23/h5-8,11-12,16,19H,3-4,9-10,13-15H2,1-2H3,(H,26,30)/t16-,19-/m0/s1. The normalized spacial score (nSPS) is 21.6. The predicted molar refractivity (Wildman–Crippen MR) is 129 cm³/mol. The minimum Gasteiger partial charge on any atom is -0.454 e. The highest BCUT2D eigenvalue weighted by Gasteiger charge is 2.35. The first kappa shape index (κ1) is 23.6. The molecule has 3 aliphatic rings. The Balaban J connectivity index is 1.25. The third kappa shape index (κ3) is 4.48. The number of carbonyl (C=O) groups is 2. The molecule has 1 saturated heterocycles. The summed E-state index contributed by atoms with van der Waals surface area (Å²) in [6, 6.07) is 10.5. The Bertz CT molecular complexity index is 1280. The number of amides is 2. The van der Waals surface area contributed by atoms with E-state index in [2.05, 4.69) is 5.32 Å². The van der Waals surface area contributed by atoms with E-state index in [9.17, 15) is 18.0 Å². The van der Waals surface area contributed by atoms with Crippen LogP contribution in [0.15, 0.2) is 41.3 Å². The number of rotatable bonds is 5. The van der Waals surface area contributed by atoms with Gasteiger partial charge in [-0.05, 0) is 67.6 Å². The Kier molecular flexibility index (Phi) is 6.18. The van der Waals surface area contributed by atoms with Crippen LogP contribution in [0.25, 0.3) is 0 Å². The van der Waals surface area contributed by atoms with Gasteiger partial charge in [0.1, 0.15) is 0 Å². The van der Waals surface area contributed by atoms with Crippen molar-refractivity contribution in [3.63, 3.8) is 0 Å². The molecular formula is C25H29N3O6S. The number of nitrogens with zero attached hydrogens (tertiary/aromatic N) is 2. The number of benzene rings is 2. The number of nitrogens with one attached hydrogen (secondary N) is 1. The molecule has 5 rings (SSSR count). The maximum absolute atomic E-state index is 13.4. The molecule has 2 aromatic rings. The molecule has 186 valence electrons. The topological polar surface area (TPSA) is 105 Å². The summed E-state index contributed by atoms with van der Waals surface area (Å²) >= 11 is 0. The van der Waals surface area contributed by atoms with Gasteiger partial charge < -0.3 is 19.7 Å². The van der Waals surface area contributed by atoms with Crippen LogP contribution in [-0.2, 0) is 32.6 Å². The molecule has 9 nitrogen and oxygen atoms in total. The maximum atomic E-state index is 13.4. The van der Waals surface area contributed by atoms with Crippen LogP contribution in [0.5, 0.6) is 11.5 Å². The first-order valence-corrected chi connectivity index (χ1v) is 13.3. The molecule has 35 heavy (non-hydrogen) atoms. The number of carbonyl (C=O) groups excluding carboxylic acids is 2. The van der Waals surface area contributed by atoms with Gasteiger partial charge in [-0.3, -0.25) is 9.59 Å². The molecule has 1 fully saturated rings. The molecule has 0 aliphatic carbocycles. The van der Waals surface area contributed by atoms with E-state index in [-0.39, 0.29) is 36.1 Å². The molecule has 0 saturated carbocycles. The van der Waals surface area contributed by atoms with Crippen LogP contribution < -0.4 is 19.7 Å². The summed E-state index contributed by atoms with van der Waals surface area (Å²) in [7, 11) is -3.76. The molecule has 2 atom stereocenters. The van der Waals surface area contributed by atoms with Crippen molar-refractivity contribution in [2.24, 2.45) is 5.92 Å². The van der Waals surface area contributed by atoms with Gasteiger partial charge in [0.05, 0.1) is 10.8 Å². The lowest BCUT2D eigenvalue weighted by molar-refractivity contribution is -0.126. The van der Waals surface area contributed by atoms with Gasteiger partial charge in [-0.15, -0.1) is 0 Å². The van der Waals surface area contributed by atoms with Crippen molar-refractivity contribution in [1.29, 1.82) is 0 Å². The van der Waals surface area contributed by atoms with E-state index in [1.54, 1.807) is 23.1 Å². The van der Waals surface area contributed by atoms with E-state index in [4.69, 9.17) is 9.47 Å². The lowest BCUT2D eigenvalue weighted by Crippen LogP contribution is -2.45. The Hall–Kier alpha value is -3.11. The smallest absolute Gasteiger partial charge is 0.243 e. The molecule has 0 unspecified atom stereocenters. The lowest BCUT2D eigenvalue weighted by atomic mass is 9.98. The Morgan fingerprint density at radius 3 is 2.71 bits per heavy atom. The first-order chi connectivity index (χ1) is 16.7. The van der Waals surface area contributed by atoms with Crippen LogP contribution in [0, 0.1) is 5.92 Å². The monoisotopic (exact) mass is 499 g/mol. The Morgan fingerprint density at radius 1 is 1.11 bits per heavy atom. The fourth-order valence-corrected chi connectivity index (χ4v) is 6.73. The highest BCUT2D eigenvalue weighted by Crippen LogP contribution is 2.35. The number of ether oxygens (including phenoxy) is 2. The Labute approximate surface area is 205 Å². The van der Waals surface area contributed by atoms with Gasteiger partial charge in [0, 0.05) is 38.3 Å². The van der Waals surface area contributed by atoms with Crippen molar-refractivity contribution in [2.75, 3.05) is 24.8 Å². The average Bonchev–Trinajstić information content (AvgIpc) is 3.44. The minimum atomic E-state index is -3.76. The van der Waals surface area contributed by atoms with Crippen molar-refractivity contribution in [3.8, 4) is 11.5 Å². The fraction of sp³-hybridized carbons (Fsp3) is 0.440. The summed E-state index contributed by atoms with van der Waals surface area (Å²) in [5, 5.41) is 2.93. The zero-order valence-electron chi connectivity index (χ0n) is 19.8. The van der Waals surface area contributed by atoms with Gasteiger partial charge in [0.2, 0.25) is 28.6 Å². The number of hydrogen-bond acceptors (Lipinski definition) is 6. The number of piperidine rings is 1. The van der Waals surface area contributed by atoms with Gasteiger partial charge in [0.15, 0.2) is 11.5 Å². The van der Waals surface area contributed by atoms with Gasteiger partial charge in [0.25, 0.3) is 0 Å². The van der Waals surface area contributed by atoms with Crippen LogP contribution in [0.4, 0.5) is 5.69 Å². The molecule has 0 spiro atoms. The summed E-state index contributed by atoms with van der Waals surface area (Å²) in [5.74, 6) is 0.695. The molecule has 3 aliphatic heterocycles. The molecule has 2 aromatic carbocycles. The largest absolute Gasteiger partial charge is 0.454 e. The second-order valence-electron chi connectivity index (χ2n) is 9.34. The van der Waals surface area contributed by atoms with E-state index >= 15 is 0 Å². The summed E-state index contributed by atoms with van der Waals surface area (Å²) in [4.78, 5) is 26.8. The van der Waals surface area contributed by atoms with Crippen molar-refractivity contribution in [3.05, 3.63) is 47.5 Å². The zero-order valence-corrected chi connectivity index (χ0v) is 20.6. The molecule has 0 aromatic heterocycles. The van der Waals surface area contributed by atoms with Gasteiger partial charge in [-0.2, -0.15) is 4.31 Å². The van der Waals surface area contributed by atoms with E-state index < -0.39 is 15.9 Å². The molecule has 2 amide bonds. The third-order valence-electron chi connectivity index (χ3n) is 6.90. The van der Waals surface area contributed by atoms with Crippen LogP contribution in [0.3, 0.4) is 0 Å². The highest BCUT2D eigenvalue weighted by molar-refractivity contribution is 7.89. The number of anilines is 1. The van der Waals surface area contributed by atoms with E-state index in [0.717, 1.165) is 16.8 Å². The van der Waals surface area contributed by atoms with Gasteiger partial charge in [-0.1, -0.05) is 6.07 Å². The number of fused-ring (bicyclic) bond motifs is 2. The predicted octanol–water partition coefficient (Wildman–Crippen LogP) is 2.43. The second kappa shape index (κ2) is 9.16.